The maximum absolute atomic E-state index is 14.0. The summed E-state index contributed by atoms with van der Waals surface area (Å²) >= 11 is 3.16. The van der Waals surface area contributed by atoms with Gasteiger partial charge < -0.3 is 15.0 Å². The molecule has 0 radical (unpaired) electrons. The number of halogens is 2. The van der Waals surface area contributed by atoms with Crippen molar-refractivity contribution in [2.24, 2.45) is 0 Å². The van der Waals surface area contributed by atoms with E-state index in [1.54, 1.807) is 11.0 Å². The molecule has 2 aliphatic heterocycles. The molecule has 1 spiro atoms. The molecule has 26 heavy (non-hydrogen) atoms. The Bertz CT molecular complexity index is 828. The van der Waals surface area contributed by atoms with Gasteiger partial charge in [-0.05, 0) is 25.1 Å². The summed E-state index contributed by atoms with van der Waals surface area (Å²) < 4.78 is 20.1. The van der Waals surface area contributed by atoms with Gasteiger partial charge in [0.15, 0.2) is 0 Å². The first-order valence-electron chi connectivity index (χ1n) is 8.20. The molecule has 1 N–H and O–H groups in total. The molecule has 0 atom stereocenters. The highest BCUT2D eigenvalue weighted by Gasteiger charge is 2.51. The summed E-state index contributed by atoms with van der Waals surface area (Å²) in [5, 5.41) is 2.53. The minimum absolute atomic E-state index is 0.0224. The van der Waals surface area contributed by atoms with Gasteiger partial charge in [0.25, 0.3) is 5.91 Å². The third-order valence-corrected chi connectivity index (χ3v) is 5.34. The second kappa shape index (κ2) is 6.83. The van der Waals surface area contributed by atoms with Crippen LogP contribution in [0.15, 0.2) is 33.8 Å². The van der Waals surface area contributed by atoms with Crippen LogP contribution in [0.3, 0.4) is 0 Å². The highest BCUT2D eigenvalue weighted by atomic mass is 79.9. The lowest BCUT2D eigenvalue weighted by Crippen LogP contribution is -2.49. The van der Waals surface area contributed by atoms with Crippen molar-refractivity contribution < 1.29 is 23.5 Å². The number of rotatable bonds is 2. The maximum Gasteiger partial charge on any atom is 0.335 e. The lowest BCUT2D eigenvalue weighted by atomic mass is 9.82. The third-order valence-electron chi connectivity index (χ3n) is 4.85. The normalized spacial score (nSPS) is 18.9. The topological polar surface area (TPSA) is 75.7 Å². The number of likely N-dealkylation sites (tertiary alicyclic amines) is 1. The van der Waals surface area contributed by atoms with Crippen molar-refractivity contribution in [1.82, 2.24) is 4.90 Å². The van der Waals surface area contributed by atoms with Crippen LogP contribution >= 0.6 is 15.9 Å². The van der Waals surface area contributed by atoms with E-state index in [9.17, 15) is 18.8 Å². The average molecular weight is 425 g/mol. The van der Waals surface area contributed by atoms with E-state index in [2.05, 4.69) is 21.2 Å². The zero-order valence-corrected chi connectivity index (χ0v) is 16.0. The summed E-state index contributed by atoms with van der Waals surface area (Å²) in [7, 11) is 0. The molecule has 138 valence electrons. The second-order valence-corrected chi connectivity index (χ2v) is 7.38. The van der Waals surface area contributed by atoms with Crippen LogP contribution in [-0.2, 0) is 19.1 Å². The van der Waals surface area contributed by atoms with E-state index in [0.29, 0.717) is 30.4 Å². The molecule has 0 bridgehead atoms. The third kappa shape index (κ3) is 3.25. The Hall–Kier alpha value is -2.22. The number of amides is 2. The fourth-order valence-electron chi connectivity index (χ4n) is 3.44. The molecule has 1 aromatic rings. The molecule has 2 heterocycles. The van der Waals surface area contributed by atoms with E-state index in [4.69, 9.17) is 4.74 Å². The first-order chi connectivity index (χ1) is 12.2. The van der Waals surface area contributed by atoms with Crippen LogP contribution in [0.25, 0.3) is 0 Å². The van der Waals surface area contributed by atoms with Crippen molar-refractivity contribution >= 4 is 39.4 Å². The molecule has 1 aromatic carbocycles. The number of ether oxygens (including phenoxy) is 1. The number of piperidine rings is 1. The van der Waals surface area contributed by atoms with Gasteiger partial charge in [0.1, 0.15) is 11.4 Å². The maximum atomic E-state index is 14.0. The van der Waals surface area contributed by atoms with Crippen molar-refractivity contribution in [3.8, 4) is 0 Å². The number of nitrogens with zero attached hydrogens (tertiary/aromatic N) is 1. The van der Waals surface area contributed by atoms with Gasteiger partial charge in [0.2, 0.25) is 5.91 Å². The molecule has 0 aliphatic carbocycles. The van der Waals surface area contributed by atoms with Crippen LogP contribution in [0.5, 0.6) is 0 Å². The standard InChI is InChI=1S/C18H18BrFN2O4/c1-10-15(16(24)21-14-4-3-12(19)9-13(14)20)18(26-17(10)25)5-7-22(8-6-18)11(2)23/h3-4,9H,5-8H2,1-2H3,(H,21,24). The molecule has 0 saturated carbocycles. The highest BCUT2D eigenvalue weighted by molar-refractivity contribution is 9.10. The predicted molar refractivity (Wildman–Crippen MR) is 95.7 cm³/mol. The largest absolute Gasteiger partial charge is 0.450 e. The molecular formula is C18H18BrFN2O4. The highest BCUT2D eigenvalue weighted by Crippen LogP contribution is 2.41. The second-order valence-electron chi connectivity index (χ2n) is 6.47. The fraction of sp³-hybridized carbons (Fsp3) is 0.389. The van der Waals surface area contributed by atoms with Gasteiger partial charge in [0.05, 0.1) is 11.3 Å². The SMILES string of the molecule is CC(=O)N1CCC2(CC1)OC(=O)C(C)=C2C(=O)Nc1ccc(Br)cc1F. The lowest BCUT2D eigenvalue weighted by Gasteiger charge is -2.39. The fourth-order valence-corrected chi connectivity index (χ4v) is 3.77. The average Bonchev–Trinajstić information content (AvgIpc) is 2.81. The summed E-state index contributed by atoms with van der Waals surface area (Å²) in [6.45, 7) is 3.78. The van der Waals surface area contributed by atoms with Gasteiger partial charge in [0, 0.05) is 42.9 Å². The number of hydrogen-bond donors (Lipinski definition) is 1. The van der Waals surface area contributed by atoms with Crippen LogP contribution in [0.1, 0.15) is 26.7 Å². The molecule has 6 nitrogen and oxygen atoms in total. The molecule has 1 saturated heterocycles. The predicted octanol–water partition coefficient (Wildman–Crippen LogP) is 2.78. The summed E-state index contributed by atoms with van der Waals surface area (Å²) in [5.41, 5.74) is -0.609. The Morgan fingerprint density at radius 3 is 2.54 bits per heavy atom. The quantitative estimate of drug-likeness (QED) is 0.740. The van der Waals surface area contributed by atoms with E-state index in [0.717, 1.165) is 0 Å². The van der Waals surface area contributed by atoms with Crippen molar-refractivity contribution in [1.29, 1.82) is 0 Å². The number of benzene rings is 1. The Labute approximate surface area is 158 Å². The first-order valence-corrected chi connectivity index (χ1v) is 8.99. The zero-order chi connectivity index (χ0) is 19.1. The Balaban J connectivity index is 1.87. The zero-order valence-electron chi connectivity index (χ0n) is 14.4. The molecule has 2 aliphatic rings. The van der Waals surface area contributed by atoms with Crippen molar-refractivity contribution in [3.05, 3.63) is 39.6 Å². The molecule has 0 unspecified atom stereocenters. The molecule has 1 fully saturated rings. The van der Waals surface area contributed by atoms with Gasteiger partial charge in [-0.2, -0.15) is 0 Å². The lowest BCUT2D eigenvalue weighted by molar-refractivity contribution is -0.152. The molecular weight excluding hydrogens is 407 g/mol. The molecule has 2 amide bonds. The van der Waals surface area contributed by atoms with Gasteiger partial charge in [-0.3, -0.25) is 9.59 Å². The van der Waals surface area contributed by atoms with Crippen molar-refractivity contribution in [2.75, 3.05) is 18.4 Å². The Morgan fingerprint density at radius 2 is 1.96 bits per heavy atom. The first kappa shape index (κ1) is 18.6. The van der Waals surface area contributed by atoms with Crippen LogP contribution < -0.4 is 5.32 Å². The summed E-state index contributed by atoms with van der Waals surface area (Å²) in [5.74, 6) is -1.77. The van der Waals surface area contributed by atoms with Crippen LogP contribution in [0, 0.1) is 5.82 Å². The summed E-state index contributed by atoms with van der Waals surface area (Å²) in [6, 6.07) is 4.29. The van der Waals surface area contributed by atoms with E-state index >= 15 is 0 Å². The van der Waals surface area contributed by atoms with E-state index in [1.807, 2.05) is 0 Å². The van der Waals surface area contributed by atoms with E-state index in [1.165, 1.54) is 26.0 Å². The van der Waals surface area contributed by atoms with Gasteiger partial charge in [-0.25, -0.2) is 9.18 Å². The van der Waals surface area contributed by atoms with Gasteiger partial charge >= 0.3 is 5.97 Å². The van der Waals surface area contributed by atoms with Crippen LogP contribution in [0.4, 0.5) is 10.1 Å². The number of hydrogen-bond acceptors (Lipinski definition) is 4. The number of carbonyl (C=O) groups excluding carboxylic acids is 3. The number of nitrogens with one attached hydrogen (secondary N) is 1. The molecule has 3 rings (SSSR count). The Kier molecular flexibility index (Phi) is 4.88. The number of esters is 1. The monoisotopic (exact) mass is 424 g/mol. The Morgan fingerprint density at radius 1 is 1.31 bits per heavy atom. The van der Waals surface area contributed by atoms with E-state index < -0.39 is 23.3 Å². The van der Waals surface area contributed by atoms with Crippen molar-refractivity contribution in [2.45, 2.75) is 32.3 Å². The molecule has 0 aromatic heterocycles. The summed E-state index contributed by atoms with van der Waals surface area (Å²) in [4.78, 5) is 38.1. The minimum atomic E-state index is -1.07. The molecule has 8 heteroatoms. The van der Waals surface area contributed by atoms with Crippen molar-refractivity contribution in [3.63, 3.8) is 0 Å². The minimum Gasteiger partial charge on any atom is -0.450 e. The smallest absolute Gasteiger partial charge is 0.335 e. The number of anilines is 1. The van der Waals surface area contributed by atoms with Gasteiger partial charge in [-0.15, -0.1) is 0 Å². The van der Waals surface area contributed by atoms with Gasteiger partial charge in [-0.1, -0.05) is 15.9 Å². The summed E-state index contributed by atoms with van der Waals surface area (Å²) in [6.07, 6.45) is 0.669. The number of carbonyl (C=O) groups is 3. The van der Waals surface area contributed by atoms with Crippen LogP contribution in [-0.4, -0.2) is 41.4 Å². The van der Waals surface area contributed by atoms with E-state index in [-0.39, 0.29) is 22.7 Å². The van der Waals surface area contributed by atoms with Crippen LogP contribution in [0.2, 0.25) is 0 Å².